The molecule has 1 unspecified atom stereocenters. The van der Waals surface area contributed by atoms with Crippen LogP contribution in [0.15, 0.2) is 30.4 Å². The fourth-order valence-corrected chi connectivity index (χ4v) is 4.63. The quantitative estimate of drug-likeness (QED) is 0.118. The molecule has 0 heterocycles. The van der Waals surface area contributed by atoms with E-state index in [0.29, 0.717) is 24.6 Å². The predicted molar refractivity (Wildman–Crippen MR) is 141 cm³/mol. The van der Waals surface area contributed by atoms with E-state index in [4.69, 9.17) is 18.5 Å². The number of rotatable bonds is 17. The Bertz CT molecular complexity index is 902. The summed E-state index contributed by atoms with van der Waals surface area (Å²) in [5.41, 5.74) is 0.792. The first kappa shape index (κ1) is 31.7. The summed E-state index contributed by atoms with van der Waals surface area (Å²) in [6.07, 6.45) is 7.26. The molecule has 0 fully saturated rings. The number of hydrogen-bond donors (Lipinski definition) is 2. The molecule has 1 rings (SSSR count). The summed E-state index contributed by atoms with van der Waals surface area (Å²) in [6.45, 7) is 11.3. The molecule has 2 N–H and O–H groups in total. The largest absolute Gasteiger partial charge is 0.493 e. The molecule has 204 valence electrons. The molecule has 0 bridgehead atoms. The van der Waals surface area contributed by atoms with E-state index in [1.54, 1.807) is 39.0 Å². The zero-order valence-corrected chi connectivity index (χ0v) is 23.6. The number of benzene rings is 1. The van der Waals surface area contributed by atoms with Crippen molar-refractivity contribution in [3.63, 3.8) is 0 Å². The van der Waals surface area contributed by atoms with Crippen molar-refractivity contribution in [2.24, 2.45) is 5.92 Å². The van der Waals surface area contributed by atoms with Crippen LogP contribution in [-0.2, 0) is 30.0 Å². The maximum Gasteiger partial charge on any atom is 0.459 e. The van der Waals surface area contributed by atoms with E-state index in [1.165, 1.54) is 14.0 Å². The Kier molecular flexibility index (Phi) is 14.4. The number of methoxy groups -OCH3 is 1. The van der Waals surface area contributed by atoms with Gasteiger partial charge in [0.2, 0.25) is 5.91 Å². The van der Waals surface area contributed by atoms with Crippen LogP contribution in [0, 0.1) is 5.92 Å². The van der Waals surface area contributed by atoms with Crippen molar-refractivity contribution in [3.8, 4) is 11.5 Å². The SMILES string of the molecule is CCOP(=O)(N[C@@H](C)C(=O)OC(C)C)Oc1ccc(CNC(=O)CCCC/C=C/C(C)C)cc1OC. The third kappa shape index (κ3) is 12.6. The molecule has 1 amide bonds. The highest BCUT2D eigenvalue weighted by Gasteiger charge is 2.33. The second kappa shape index (κ2) is 16.4. The van der Waals surface area contributed by atoms with Gasteiger partial charge >= 0.3 is 13.7 Å². The Morgan fingerprint density at radius 2 is 1.81 bits per heavy atom. The zero-order valence-electron chi connectivity index (χ0n) is 22.7. The first-order chi connectivity index (χ1) is 17.0. The van der Waals surface area contributed by atoms with Crippen LogP contribution in [0.2, 0.25) is 0 Å². The van der Waals surface area contributed by atoms with Gasteiger partial charge in [-0.15, -0.1) is 0 Å². The third-order valence-electron chi connectivity index (χ3n) is 4.84. The first-order valence-electron chi connectivity index (χ1n) is 12.5. The molecule has 0 aliphatic rings. The minimum absolute atomic E-state index is 0.0190. The molecule has 0 saturated heterocycles. The molecule has 0 aliphatic heterocycles. The minimum atomic E-state index is -3.91. The molecule has 0 aromatic heterocycles. The summed E-state index contributed by atoms with van der Waals surface area (Å²) < 4.78 is 34.8. The molecule has 0 radical (unpaired) electrons. The van der Waals surface area contributed by atoms with Gasteiger partial charge in [0.05, 0.1) is 19.8 Å². The van der Waals surface area contributed by atoms with Crippen LogP contribution >= 0.6 is 7.75 Å². The van der Waals surface area contributed by atoms with Crippen LogP contribution in [0.25, 0.3) is 0 Å². The number of hydrogen-bond acceptors (Lipinski definition) is 7. The minimum Gasteiger partial charge on any atom is -0.493 e. The molecular formula is C26H43N2O7P. The predicted octanol–water partition coefficient (Wildman–Crippen LogP) is 5.54. The van der Waals surface area contributed by atoms with Crippen LogP contribution in [-0.4, -0.2) is 37.7 Å². The second-order valence-electron chi connectivity index (χ2n) is 9.02. The molecule has 2 atom stereocenters. The van der Waals surface area contributed by atoms with Gasteiger partial charge in [-0.1, -0.05) is 32.1 Å². The molecule has 36 heavy (non-hydrogen) atoms. The fraction of sp³-hybridized carbons (Fsp3) is 0.615. The second-order valence-corrected chi connectivity index (χ2v) is 10.7. The van der Waals surface area contributed by atoms with Crippen LogP contribution in [0.5, 0.6) is 11.5 Å². The average molecular weight is 527 g/mol. The van der Waals surface area contributed by atoms with Crippen molar-refractivity contribution in [2.75, 3.05) is 13.7 Å². The zero-order chi connectivity index (χ0) is 27.1. The Labute approximate surface area is 215 Å². The maximum absolute atomic E-state index is 13.3. The Hall–Kier alpha value is -2.35. The topological polar surface area (TPSA) is 112 Å². The lowest BCUT2D eigenvalue weighted by atomic mass is 10.1. The van der Waals surface area contributed by atoms with Gasteiger partial charge in [-0.3, -0.25) is 14.1 Å². The van der Waals surface area contributed by atoms with Crippen molar-refractivity contribution in [1.29, 1.82) is 0 Å². The molecule has 0 spiro atoms. The highest BCUT2D eigenvalue weighted by molar-refractivity contribution is 7.52. The van der Waals surface area contributed by atoms with Gasteiger partial charge in [-0.25, -0.2) is 4.57 Å². The van der Waals surface area contributed by atoms with E-state index in [1.807, 2.05) is 0 Å². The van der Waals surface area contributed by atoms with Crippen LogP contribution in [0.4, 0.5) is 0 Å². The van der Waals surface area contributed by atoms with E-state index in [9.17, 15) is 14.2 Å². The molecule has 0 aliphatic carbocycles. The number of unbranched alkanes of at least 4 members (excludes halogenated alkanes) is 2. The van der Waals surface area contributed by atoms with E-state index in [2.05, 4.69) is 36.4 Å². The molecule has 9 nitrogen and oxygen atoms in total. The summed E-state index contributed by atoms with van der Waals surface area (Å²) in [6, 6.07) is 4.10. The molecule has 1 aromatic rings. The van der Waals surface area contributed by atoms with Crippen molar-refractivity contribution in [1.82, 2.24) is 10.4 Å². The fourth-order valence-electron chi connectivity index (χ4n) is 3.12. The number of ether oxygens (including phenoxy) is 2. The van der Waals surface area contributed by atoms with Crippen LogP contribution < -0.4 is 19.7 Å². The number of carbonyl (C=O) groups excluding carboxylic acids is 2. The molecule has 0 saturated carbocycles. The van der Waals surface area contributed by atoms with E-state index < -0.39 is 19.8 Å². The lowest BCUT2D eigenvalue weighted by Crippen LogP contribution is -2.36. The highest BCUT2D eigenvalue weighted by atomic mass is 31.2. The van der Waals surface area contributed by atoms with Gasteiger partial charge in [-0.2, -0.15) is 5.09 Å². The van der Waals surface area contributed by atoms with Gasteiger partial charge in [0.15, 0.2) is 11.5 Å². The standard InChI is InChI=1S/C26H43N2O7P/c1-8-33-36(31,28-21(6)26(30)34-20(4)5)35-23-16-15-22(17-24(23)32-7)18-27-25(29)14-12-10-9-11-13-19(2)3/h11,13,15-17,19-21H,8-10,12,14,18H2,1-7H3,(H,27,29)(H,28,31)/b13-11+/t21-,36?/m0/s1. The van der Waals surface area contributed by atoms with Crippen molar-refractivity contribution < 1.29 is 32.7 Å². The number of nitrogens with one attached hydrogen (secondary N) is 2. The Balaban J connectivity index is 2.72. The molecule has 1 aromatic carbocycles. The Morgan fingerprint density at radius 1 is 1.08 bits per heavy atom. The van der Waals surface area contributed by atoms with Crippen molar-refractivity contribution in [3.05, 3.63) is 35.9 Å². The number of amides is 1. The van der Waals surface area contributed by atoms with Gasteiger partial charge < -0.3 is 19.3 Å². The monoisotopic (exact) mass is 526 g/mol. The van der Waals surface area contributed by atoms with Crippen LogP contribution in [0.1, 0.15) is 72.8 Å². The van der Waals surface area contributed by atoms with Gasteiger partial charge in [0, 0.05) is 13.0 Å². The lowest BCUT2D eigenvalue weighted by Gasteiger charge is -2.23. The Morgan fingerprint density at radius 3 is 2.42 bits per heavy atom. The smallest absolute Gasteiger partial charge is 0.459 e. The van der Waals surface area contributed by atoms with Crippen molar-refractivity contribution in [2.45, 2.75) is 85.9 Å². The molecular weight excluding hydrogens is 483 g/mol. The summed E-state index contributed by atoms with van der Waals surface area (Å²) in [5, 5.41) is 5.52. The number of allylic oxidation sites excluding steroid dienone is 2. The van der Waals surface area contributed by atoms with Crippen LogP contribution in [0.3, 0.4) is 0 Å². The van der Waals surface area contributed by atoms with E-state index in [0.717, 1.165) is 24.8 Å². The van der Waals surface area contributed by atoms with Crippen molar-refractivity contribution >= 4 is 19.6 Å². The highest BCUT2D eigenvalue weighted by Crippen LogP contribution is 2.47. The average Bonchev–Trinajstić information content (AvgIpc) is 2.79. The maximum atomic E-state index is 13.3. The summed E-state index contributed by atoms with van der Waals surface area (Å²) >= 11 is 0. The number of esters is 1. The van der Waals surface area contributed by atoms with Gasteiger partial charge in [-0.05, 0) is 70.6 Å². The summed E-state index contributed by atoms with van der Waals surface area (Å²) in [4.78, 5) is 24.3. The number of carbonyl (C=O) groups is 2. The normalized spacial score (nSPS) is 14.0. The summed E-state index contributed by atoms with van der Waals surface area (Å²) in [5.74, 6) is 0.447. The van der Waals surface area contributed by atoms with E-state index in [-0.39, 0.29) is 24.4 Å². The third-order valence-corrected chi connectivity index (χ3v) is 6.58. The van der Waals surface area contributed by atoms with E-state index >= 15 is 0 Å². The lowest BCUT2D eigenvalue weighted by molar-refractivity contribution is -0.149. The van der Waals surface area contributed by atoms with Gasteiger partial charge in [0.1, 0.15) is 6.04 Å². The van der Waals surface area contributed by atoms with Gasteiger partial charge in [0.25, 0.3) is 0 Å². The molecule has 10 heteroatoms. The summed E-state index contributed by atoms with van der Waals surface area (Å²) in [7, 11) is -2.45. The first-order valence-corrected chi connectivity index (χ1v) is 14.1.